The molecule has 0 spiro atoms. The molecule has 0 radical (unpaired) electrons. The van der Waals surface area contributed by atoms with Crippen molar-refractivity contribution in [2.24, 2.45) is 5.92 Å². The van der Waals surface area contributed by atoms with Crippen LogP contribution in [0.25, 0.3) is 0 Å². The Morgan fingerprint density at radius 2 is 2.56 bits per heavy atom. The Labute approximate surface area is 95.2 Å². The van der Waals surface area contributed by atoms with Crippen molar-refractivity contribution in [2.45, 2.75) is 19.4 Å². The summed E-state index contributed by atoms with van der Waals surface area (Å²) in [7, 11) is 1.85. The Bertz CT molecular complexity index is 330. The zero-order chi connectivity index (χ0) is 11.4. The third kappa shape index (κ3) is 2.61. The topological polar surface area (TPSA) is 61.0 Å². The summed E-state index contributed by atoms with van der Waals surface area (Å²) in [5.41, 5.74) is 1.04. The highest BCUT2D eigenvalue weighted by Crippen LogP contribution is 2.13. The predicted octanol–water partition coefficient (Wildman–Crippen LogP) is 0.368. The van der Waals surface area contributed by atoms with Crippen LogP contribution in [0.5, 0.6) is 0 Å². The number of H-pyrrole nitrogens is 1. The first kappa shape index (κ1) is 11.1. The van der Waals surface area contributed by atoms with Crippen molar-refractivity contribution in [3.8, 4) is 0 Å². The molecule has 0 aliphatic carbocycles. The van der Waals surface area contributed by atoms with E-state index in [0.29, 0.717) is 6.54 Å². The molecule has 0 saturated carbocycles. The highest BCUT2D eigenvalue weighted by Gasteiger charge is 2.23. The lowest BCUT2D eigenvalue weighted by molar-refractivity contribution is -0.135. The minimum Gasteiger partial charge on any atom is -0.341 e. The van der Waals surface area contributed by atoms with Crippen LogP contribution < -0.4 is 5.32 Å². The number of piperidine rings is 1. The van der Waals surface area contributed by atoms with Gasteiger partial charge in [-0.3, -0.25) is 9.89 Å². The predicted molar refractivity (Wildman–Crippen MR) is 60.7 cm³/mol. The largest absolute Gasteiger partial charge is 0.341 e. The molecule has 1 amide bonds. The molecule has 2 N–H and O–H groups in total. The number of hydrogen-bond acceptors (Lipinski definition) is 3. The van der Waals surface area contributed by atoms with E-state index < -0.39 is 0 Å². The average molecular weight is 222 g/mol. The molecule has 0 aromatic carbocycles. The quantitative estimate of drug-likeness (QED) is 0.776. The van der Waals surface area contributed by atoms with E-state index in [1.54, 1.807) is 11.1 Å². The van der Waals surface area contributed by atoms with Crippen LogP contribution in [-0.4, -0.2) is 41.1 Å². The number of amides is 1. The van der Waals surface area contributed by atoms with Gasteiger partial charge in [-0.25, -0.2) is 0 Å². The van der Waals surface area contributed by atoms with Crippen molar-refractivity contribution in [1.29, 1.82) is 0 Å². The molecule has 5 nitrogen and oxygen atoms in total. The van der Waals surface area contributed by atoms with Crippen molar-refractivity contribution >= 4 is 5.91 Å². The van der Waals surface area contributed by atoms with Crippen molar-refractivity contribution in [3.05, 3.63) is 18.0 Å². The fourth-order valence-corrected chi connectivity index (χ4v) is 2.09. The lowest BCUT2D eigenvalue weighted by atomic mass is 9.98. The third-order valence-electron chi connectivity index (χ3n) is 3.00. The minimum atomic E-state index is 0.144. The van der Waals surface area contributed by atoms with Crippen LogP contribution in [0, 0.1) is 5.92 Å². The van der Waals surface area contributed by atoms with Gasteiger partial charge in [0.25, 0.3) is 0 Å². The highest BCUT2D eigenvalue weighted by atomic mass is 16.2. The summed E-state index contributed by atoms with van der Waals surface area (Å²) in [6.45, 7) is 2.48. The van der Waals surface area contributed by atoms with E-state index in [-0.39, 0.29) is 11.8 Å². The van der Waals surface area contributed by atoms with Crippen molar-refractivity contribution in [1.82, 2.24) is 20.4 Å². The monoisotopic (exact) mass is 222 g/mol. The molecule has 1 saturated heterocycles. The summed E-state index contributed by atoms with van der Waals surface area (Å²) in [6.07, 6.45) is 5.67. The number of aromatic amines is 1. The summed E-state index contributed by atoms with van der Waals surface area (Å²) >= 11 is 0. The summed E-state index contributed by atoms with van der Waals surface area (Å²) in [5, 5.41) is 9.89. The van der Waals surface area contributed by atoms with Gasteiger partial charge in [-0.1, -0.05) is 0 Å². The van der Waals surface area contributed by atoms with E-state index in [0.717, 1.165) is 31.5 Å². The van der Waals surface area contributed by atoms with E-state index >= 15 is 0 Å². The van der Waals surface area contributed by atoms with Gasteiger partial charge in [0.1, 0.15) is 0 Å². The first-order chi connectivity index (χ1) is 7.77. The van der Waals surface area contributed by atoms with Gasteiger partial charge in [0.15, 0.2) is 0 Å². The Balaban J connectivity index is 1.88. The normalized spacial score (nSPS) is 20.7. The minimum absolute atomic E-state index is 0.144. The molecule has 16 heavy (non-hydrogen) atoms. The number of carbonyl (C=O) groups excluding carboxylic acids is 1. The number of aromatic nitrogens is 2. The van der Waals surface area contributed by atoms with Crippen LogP contribution in [-0.2, 0) is 11.3 Å². The molecule has 1 atom stereocenters. The number of rotatable bonds is 3. The Morgan fingerprint density at radius 3 is 3.19 bits per heavy atom. The molecular formula is C11H18N4O. The Hall–Kier alpha value is -1.36. The third-order valence-corrected chi connectivity index (χ3v) is 3.00. The zero-order valence-electron chi connectivity index (χ0n) is 9.57. The maximum absolute atomic E-state index is 12.1. The van der Waals surface area contributed by atoms with Gasteiger partial charge in [0.2, 0.25) is 5.91 Å². The fraction of sp³-hybridized carbons (Fsp3) is 0.636. The lowest BCUT2D eigenvalue weighted by Crippen LogP contribution is -2.41. The van der Waals surface area contributed by atoms with Crippen LogP contribution in [0.2, 0.25) is 0 Å². The molecule has 88 valence electrons. The summed E-state index contributed by atoms with van der Waals surface area (Å²) in [6, 6.07) is 0. The molecule has 2 heterocycles. The first-order valence-electron chi connectivity index (χ1n) is 5.70. The molecule has 1 aromatic rings. The standard InChI is InChI=1S/C11H18N4O/c1-15(8-9-5-13-14-6-9)11(16)10-3-2-4-12-7-10/h5-6,10,12H,2-4,7-8H2,1H3,(H,13,14)/t10-/m1/s1. The van der Waals surface area contributed by atoms with Crippen LogP contribution in [0.15, 0.2) is 12.4 Å². The van der Waals surface area contributed by atoms with Gasteiger partial charge in [0.05, 0.1) is 12.1 Å². The molecule has 5 heteroatoms. The van der Waals surface area contributed by atoms with Crippen molar-refractivity contribution < 1.29 is 4.79 Å². The van der Waals surface area contributed by atoms with Gasteiger partial charge in [-0.15, -0.1) is 0 Å². The number of hydrogen-bond donors (Lipinski definition) is 2. The summed E-state index contributed by atoms with van der Waals surface area (Å²) in [4.78, 5) is 13.9. The van der Waals surface area contributed by atoms with Crippen LogP contribution in [0.3, 0.4) is 0 Å². The summed E-state index contributed by atoms with van der Waals surface area (Å²) < 4.78 is 0. The average Bonchev–Trinajstić information content (AvgIpc) is 2.82. The number of carbonyl (C=O) groups is 1. The van der Waals surface area contributed by atoms with E-state index in [9.17, 15) is 4.79 Å². The second-order valence-electron chi connectivity index (χ2n) is 4.34. The molecule has 0 bridgehead atoms. The number of nitrogens with one attached hydrogen (secondary N) is 2. The van der Waals surface area contributed by atoms with Crippen LogP contribution in [0.1, 0.15) is 18.4 Å². The second-order valence-corrected chi connectivity index (χ2v) is 4.34. The fourth-order valence-electron chi connectivity index (χ4n) is 2.09. The van der Waals surface area contributed by atoms with E-state index in [1.165, 1.54) is 0 Å². The van der Waals surface area contributed by atoms with Gasteiger partial charge >= 0.3 is 0 Å². The highest BCUT2D eigenvalue weighted by molar-refractivity contribution is 5.78. The molecule has 2 rings (SSSR count). The van der Waals surface area contributed by atoms with E-state index in [1.807, 2.05) is 13.2 Å². The van der Waals surface area contributed by atoms with Crippen LogP contribution >= 0.6 is 0 Å². The second kappa shape index (κ2) is 5.12. The molecule has 1 aliphatic heterocycles. The molecule has 0 unspecified atom stereocenters. The first-order valence-corrected chi connectivity index (χ1v) is 5.70. The van der Waals surface area contributed by atoms with Gasteiger partial charge in [-0.05, 0) is 19.4 Å². The van der Waals surface area contributed by atoms with E-state index in [4.69, 9.17) is 0 Å². The Morgan fingerprint density at radius 1 is 1.69 bits per heavy atom. The maximum Gasteiger partial charge on any atom is 0.227 e. The lowest BCUT2D eigenvalue weighted by Gasteiger charge is -2.26. The molecule has 1 fully saturated rings. The molecule has 1 aliphatic rings. The summed E-state index contributed by atoms with van der Waals surface area (Å²) in [5.74, 6) is 0.374. The van der Waals surface area contributed by atoms with E-state index in [2.05, 4.69) is 15.5 Å². The Kier molecular flexibility index (Phi) is 3.56. The smallest absolute Gasteiger partial charge is 0.227 e. The van der Waals surface area contributed by atoms with Gasteiger partial charge in [-0.2, -0.15) is 5.10 Å². The SMILES string of the molecule is CN(Cc1cn[nH]c1)C(=O)[C@@H]1CCCNC1. The molecular weight excluding hydrogens is 204 g/mol. The number of nitrogens with zero attached hydrogens (tertiary/aromatic N) is 2. The zero-order valence-corrected chi connectivity index (χ0v) is 9.57. The van der Waals surface area contributed by atoms with Gasteiger partial charge < -0.3 is 10.2 Å². The van der Waals surface area contributed by atoms with Crippen molar-refractivity contribution in [3.63, 3.8) is 0 Å². The van der Waals surface area contributed by atoms with Crippen molar-refractivity contribution in [2.75, 3.05) is 20.1 Å². The van der Waals surface area contributed by atoms with Gasteiger partial charge in [0, 0.05) is 31.9 Å². The van der Waals surface area contributed by atoms with Crippen LogP contribution in [0.4, 0.5) is 0 Å². The molecule has 1 aromatic heterocycles. The maximum atomic E-state index is 12.1.